The molecule has 0 aliphatic heterocycles. The first-order chi connectivity index (χ1) is 6.09. The molecule has 0 fully saturated rings. The van der Waals surface area contributed by atoms with Crippen LogP contribution in [0, 0.1) is 11.6 Å². The molecular formula is C9H9F3O. The number of rotatable bonds is 1. The van der Waals surface area contributed by atoms with Crippen LogP contribution in [0.4, 0.5) is 13.2 Å². The monoisotopic (exact) mass is 190 g/mol. The second-order valence-corrected chi connectivity index (χ2v) is 2.21. The zero-order valence-electron chi connectivity index (χ0n) is 7.27. The highest BCUT2D eigenvalue weighted by atomic mass is 19.1. The third-order valence-corrected chi connectivity index (χ3v) is 1.27. The molecule has 0 saturated heterocycles. The maximum Gasteiger partial charge on any atom is 0.160 e. The van der Waals surface area contributed by atoms with Gasteiger partial charge >= 0.3 is 0 Å². The van der Waals surface area contributed by atoms with Crippen molar-refractivity contribution in [3.8, 4) is 0 Å². The van der Waals surface area contributed by atoms with Crippen LogP contribution in [0.15, 0.2) is 18.2 Å². The van der Waals surface area contributed by atoms with Crippen LogP contribution in [0.25, 0.3) is 0 Å². The van der Waals surface area contributed by atoms with Gasteiger partial charge in [0.15, 0.2) is 5.78 Å². The maximum atomic E-state index is 12.4. The van der Waals surface area contributed by atoms with Crippen LogP contribution in [0.1, 0.15) is 17.3 Å². The second kappa shape index (κ2) is 5.35. The molecule has 0 saturated carbocycles. The summed E-state index contributed by atoms with van der Waals surface area (Å²) in [6.45, 7) is 1.26. The van der Waals surface area contributed by atoms with Gasteiger partial charge in [0.2, 0.25) is 0 Å². The van der Waals surface area contributed by atoms with Crippen LogP contribution in [0.5, 0.6) is 0 Å². The van der Waals surface area contributed by atoms with Gasteiger partial charge in [-0.1, -0.05) is 0 Å². The minimum absolute atomic E-state index is 0.0579. The van der Waals surface area contributed by atoms with Crippen LogP contribution >= 0.6 is 0 Å². The van der Waals surface area contributed by atoms with E-state index in [1.165, 1.54) is 6.92 Å². The Labute approximate surface area is 74.2 Å². The van der Waals surface area contributed by atoms with Crippen molar-refractivity contribution < 1.29 is 18.0 Å². The minimum atomic E-state index is -0.727. The number of carbonyl (C=O) groups is 1. The maximum absolute atomic E-state index is 12.4. The Hall–Kier alpha value is -1.32. The van der Waals surface area contributed by atoms with Gasteiger partial charge < -0.3 is 0 Å². The molecule has 1 aromatic carbocycles. The average molecular weight is 190 g/mol. The number of alkyl halides is 1. The molecule has 0 radical (unpaired) electrons. The van der Waals surface area contributed by atoms with E-state index in [2.05, 4.69) is 0 Å². The van der Waals surface area contributed by atoms with Gasteiger partial charge in [0.1, 0.15) is 11.6 Å². The highest BCUT2D eigenvalue weighted by molar-refractivity contribution is 5.93. The first-order valence-corrected chi connectivity index (χ1v) is 3.44. The summed E-state index contributed by atoms with van der Waals surface area (Å²) in [5, 5.41) is 0. The summed E-state index contributed by atoms with van der Waals surface area (Å²) in [6.07, 6.45) is 0. The highest BCUT2D eigenvalue weighted by Crippen LogP contribution is 2.07. The van der Waals surface area contributed by atoms with Crippen molar-refractivity contribution >= 4 is 5.78 Å². The summed E-state index contributed by atoms with van der Waals surface area (Å²) in [4.78, 5) is 10.6. The summed E-state index contributed by atoms with van der Waals surface area (Å²) in [6, 6.07) is 2.74. The van der Waals surface area contributed by atoms with Crippen molar-refractivity contribution in [1.82, 2.24) is 0 Å². The Kier molecular flexibility index (Phi) is 4.80. The number of benzene rings is 1. The Morgan fingerprint density at radius 3 is 1.77 bits per heavy atom. The third-order valence-electron chi connectivity index (χ3n) is 1.27. The summed E-state index contributed by atoms with van der Waals surface area (Å²) in [5.41, 5.74) is 0.0579. The molecule has 0 atom stereocenters. The summed E-state index contributed by atoms with van der Waals surface area (Å²) in [5.74, 6) is -1.80. The number of hydrogen-bond donors (Lipinski definition) is 0. The van der Waals surface area contributed by atoms with Gasteiger partial charge in [-0.05, 0) is 19.1 Å². The van der Waals surface area contributed by atoms with Crippen molar-refractivity contribution in [2.45, 2.75) is 6.92 Å². The van der Waals surface area contributed by atoms with E-state index in [1.807, 2.05) is 0 Å². The van der Waals surface area contributed by atoms with Crippen molar-refractivity contribution in [1.29, 1.82) is 0 Å². The van der Waals surface area contributed by atoms with Gasteiger partial charge in [-0.2, -0.15) is 0 Å². The van der Waals surface area contributed by atoms with Gasteiger partial charge in [0.25, 0.3) is 0 Å². The Balaban J connectivity index is 0.000000671. The molecule has 1 aromatic rings. The van der Waals surface area contributed by atoms with Gasteiger partial charge in [0.05, 0.1) is 7.18 Å². The van der Waals surface area contributed by atoms with Crippen LogP contribution in [0.2, 0.25) is 0 Å². The van der Waals surface area contributed by atoms with Gasteiger partial charge in [0, 0.05) is 11.6 Å². The molecule has 13 heavy (non-hydrogen) atoms. The first-order valence-electron chi connectivity index (χ1n) is 3.44. The normalized spacial score (nSPS) is 8.69. The van der Waals surface area contributed by atoms with E-state index in [1.54, 1.807) is 0 Å². The second-order valence-electron chi connectivity index (χ2n) is 2.21. The van der Waals surface area contributed by atoms with E-state index < -0.39 is 11.6 Å². The molecule has 4 heteroatoms. The highest BCUT2D eigenvalue weighted by Gasteiger charge is 2.03. The molecule has 0 aromatic heterocycles. The van der Waals surface area contributed by atoms with Crippen LogP contribution in [0.3, 0.4) is 0 Å². The molecule has 1 rings (SSSR count). The first kappa shape index (κ1) is 11.7. The molecule has 0 aliphatic rings. The molecule has 0 aliphatic carbocycles. The summed E-state index contributed by atoms with van der Waals surface area (Å²) in [7, 11) is 0.500. The standard InChI is InChI=1S/C8H6F2O.CH3F/c1-5(11)6-2-7(9)4-8(10)3-6;1-2/h2-4H,1H3;1H3. The third kappa shape index (κ3) is 3.73. The van der Waals surface area contributed by atoms with E-state index in [0.717, 1.165) is 18.2 Å². The molecular weight excluding hydrogens is 181 g/mol. The van der Waals surface area contributed by atoms with Crippen molar-refractivity contribution in [3.05, 3.63) is 35.4 Å². The Morgan fingerprint density at radius 2 is 1.46 bits per heavy atom. The predicted molar refractivity (Wildman–Crippen MR) is 43.4 cm³/mol. The fourth-order valence-corrected chi connectivity index (χ4v) is 0.757. The van der Waals surface area contributed by atoms with Gasteiger partial charge in [-0.25, -0.2) is 8.78 Å². The van der Waals surface area contributed by atoms with Crippen LogP contribution in [-0.4, -0.2) is 13.0 Å². The molecule has 0 unspecified atom stereocenters. The predicted octanol–water partition coefficient (Wildman–Crippen LogP) is 2.75. The SMILES string of the molecule is CC(=O)c1cc(F)cc(F)c1.CF. The van der Waals surface area contributed by atoms with Gasteiger partial charge in [-0.15, -0.1) is 0 Å². The largest absolute Gasteiger partial charge is 0.295 e. The van der Waals surface area contributed by atoms with E-state index in [9.17, 15) is 18.0 Å². The Morgan fingerprint density at radius 1 is 1.08 bits per heavy atom. The number of carbonyl (C=O) groups excluding carboxylic acids is 1. The molecule has 0 spiro atoms. The number of Topliss-reactive ketones (excluding diaryl/α,β-unsaturated/α-hetero) is 1. The zero-order valence-corrected chi connectivity index (χ0v) is 7.27. The number of hydrogen-bond acceptors (Lipinski definition) is 1. The zero-order chi connectivity index (χ0) is 10.4. The lowest BCUT2D eigenvalue weighted by Gasteiger charge is -1.95. The van der Waals surface area contributed by atoms with Crippen molar-refractivity contribution in [3.63, 3.8) is 0 Å². The number of ketones is 1. The lowest BCUT2D eigenvalue weighted by Crippen LogP contribution is -1.93. The molecule has 1 nitrogen and oxygen atoms in total. The quantitative estimate of drug-likeness (QED) is 0.622. The fraction of sp³-hybridized carbons (Fsp3) is 0.222. The van der Waals surface area contributed by atoms with E-state index in [4.69, 9.17) is 0 Å². The van der Waals surface area contributed by atoms with Crippen molar-refractivity contribution in [2.75, 3.05) is 7.18 Å². The summed E-state index contributed by atoms with van der Waals surface area (Å²) < 4.78 is 34.3. The van der Waals surface area contributed by atoms with E-state index in [-0.39, 0.29) is 11.3 Å². The van der Waals surface area contributed by atoms with E-state index in [0.29, 0.717) is 7.18 Å². The average Bonchev–Trinajstić information content (AvgIpc) is 2.06. The van der Waals surface area contributed by atoms with E-state index >= 15 is 0 Å². The molecule has 72 valence electrons. The minimum Gasteiger partial charge on any atom is -0.295 e. The summed E-state index contributed by atoms with van der Waals surface area (Å²) >= 11 is 0. The molecule has 0 amide bonds. The Bertz CT molecular complexity index is 277. The van der Waals surface area contributed by atoms with Crippen LogP contribution in [-0.2, 0) is 0 Å². The fourth-order valence-electron chi connectivity index (χ4n) is 0.757. The lowest BCUT2D eigenvalue weighted by molar-refractivity contribution is 0.101. The molecule has 0 heterocycles. The van der Waals surface area contributed by atoms with Gasteiger partial charge in [-0.3, -0.25) is 9.18 Å². The molecule has 0 N–H and O–H groups in total. The topological polar surface area (TPSA) is 17.1 Å². The van der Waals surface area contributed by atoms with Crippen molar-refractivity contribution in [2.24, 2.45) is 0 Å². The molecule has 0 bridgehead atoms. The van der Waals surface area contributed by atoms with Crippen LogP contribution < -0.4 is 0 Å². The smallest absolute Gasteiger partial charge is 0.160 e. The lowest BCUT2D eigenvalue weighted by atomic mass is 10.1. The number of halogens is 3.